The number of halogens is 1. The van der Waals surface area contributed by atoms with Gasteiger partial charge in [-0.25, -0.2) is 12.7 Å². The lowest BCUT2D eigenvalue weighted by atomic mass is 9.91. The van der Waals surface area contributed by atoms with Crippen LogP contribution in [0.2, 0.25) is 0 Å². The molecule has 1 heterocycles. The zero-order chi connectivity index (χ0) is 17.0. The van der Waals surface area contributed by atoms with Crippen LogP contribution in [0.25, 0.3) is 0 Å². The highest BCUT2D eigenvalue weighted by molar-refractivity contribution is 14.1. The Bertz CT molecular complexity index is 769. The Labute approximate surface area is 158 Å². The topological polar surface area (TPSA) is 37.4 Å². The van der Waals surface area contributed by atoms with E-state index in [9.17, 15) is 8.42 Å². The van der Waals surface area contributed by atoms with Crippen LogP contribution in [0.4, 0.5) is 0 Å². The molecule has 3 nitrogen and oxygen atoms in total. The Morgan fingerprint density at radius 1 is 0.958 bits per heavy atom. The van der Waals surface area contributed by atoms with Crippen LogP contribution in [0.5, 0.6) is 0 Å². The fourth-order valence-electron chi connectivity index (χ4n) is 3.27. The molecule has 1 fully saturated rings. The highest BCUT2D eigenvalue weighted by Gasteiger charge is 2.28. The molecule has 0 radical (unpaired) electrons. The van der Waals surface area contributed by atoms with Crippen molar-refractivity contribution in [2.75, 3.05) is 13.1 Å². The zero-order valence-corrected chi connectivity index (χ0v) is 16.5. The van der Waals surface area contributed by atoms with Gasteiger partial charge < -0.3 is 0 Å². The molecule has 2 aromatic carbocycles. The molecular formula is C19H22INO2S. The van der Waals surface area contributed by atoms with Gasteiger partial charge in [0.2, 0.25) is 10.0 Å². The maximum Gasteiger partial charge on any atom is 0.218 e. The molecule has 2 aromatic rings. The minimum atomic E-state index is -3.22. The first-order valence-electron chi connectivity index (χ1n) is 8.29. The van der Waals surface area contributed by atoms with Crippen molar-refractivity contribution in [1.82, 2.24) is 4.31 Å². The highest BCUT2D eigenvalue weighted by atomic mass is 127. The summed E-state index contributed by atoms with van der Waals surface area (Å²) in [5.41, 5.74) is 2.21. The van der Waals surface area contributed by atoms with E-state index in [-0.39, 0.29) is 5.75 Å². The van der Waals surface area contributed by atoms with Crippen molar-refractivity contribution < 1.29 is 8.42 Å². The van der Waals surface area contributed by atoms with Gasteiger partial charge >= 0.3 is 0 Å². The molecule has 0 unspecified atom stereocenters. The predicted octanol–water partition coefficient (Wildman–Crippen LogP) is 4.08. The molecule has 0 spiro atoms. The van der Waals surface area contributed by atoms with Crippen molar-refractivity contribution in [3.63, 3.8) is 0 Å². The second kappa shape index (κ2) is 7.97. The molecule has 1 aliphatic heterocycles. The third-order valence-corrected chi connectivity index (χ3v) is 7.09. The Hall–Kier alpha value is -0.920. The summed E-state index contributed by atoms with van der Waals surface area (Å²) in [6.07, 6.45) is 2.94. The number of benzene rings is 2. The van der Waals surface area contributed by atoms with Crippen LogP contribution < -0.4 is 0 Å². The minimum Gasteiger partial charge on any atom is -0.212 e. The van der Waals surface area contributed by atoms with Crippen molar-refractivity contribution in [3.05, 3.63) is 69.3 Å². The van der Waals surface area contributed by atoms with Gasteiger partial charge in [0.15, 0.2) is 0 Å². The molecule has 5 heteroatoms. The van der Waals surface area contributed by atoms with Crippen LogP contribution in [0.3, 0.4) is 0 Å². The summed E-state index contributed by atoms with van der Waals surface area (Å²) >= 11 is 2.22. The van der Waals surface area contributed by atoms with E-state index in [4.69, 9.17) is 0 Å². The van der Waals surface area contributed by atoms with Gasteiger partial charge in [0.05, 0.1) is 5.75 Å². The summed E-state index contributed by atoms with van der Waals surface area (Å²) in [5.74, 6) is 0.684. The summed E-state index contributed by atoms with van der Waals surface area (Å²) < 4.78 is 28.1. The standard InChI is InChI=1S/C19H22INO2S/c20-19-8-4-7-18(14-19)15-24(22,23)21-11-9-17(10-12-21)13-16-5-2-1-3-6-16/h1-8,14,17H,9-13,15H2. The molecule has 1 aliphatic rings. The number of piperidine rings is 1. The lowest BCUT2D eigenvalue weighted by Gasteiger charge is -2.31. The average molecular weight is 455 g/mol. The van der Waals surface area contributed by atoms with E-state index in [1.807, 2.05) is 30.3 Å². The number of hydrogen-bond donors (Lipinski definition) is 0. The van der Waals surface area contributed by atoms with E-state index in [1.165, 1.54) is 5.56 Å². The van der Waals surface area contributed by atoms with Crippen LogP contribution in [-0.2, 0) is 22.2 Å². The zero-order valence-electron chi connectivity index (χ0n) is 13.6. The van der Waals surface area contributed by atoms with E-state index >= 15 is 0 Å². The predicted molar refractivity (Wildman–Crippen MR) is 106 cm³/mol. The van der Waals surface area contributed by atoms with Gasteiger partial charge in [0.25, 0.3) is 0 Å². The van der Waals surface area contributed by atoms with Gasteiger partial charge in [-0.2, -0.15) is 0 Å². The monoisotopic (exact) mass is 455 g/mol. The molecule has 1 saturated heterocycles. The fourth-order valence-corrected chi connectivity index (χ4v) is 5.43. The molecular weight excluding hydrogens is 433 g/mol. The first kappa shape index (κ1) is 17.9. The van der Waals surface area contributed by atoms with Gasteiger partial charge in [-0.15, -0.1) is 0 Å². The SMILES string of the molecule is O=S(=O)(Cc1cccc(I)c1)N1CCC(Cc2ccccc2)CC1. The van der Waals surface area contributed by atoms with Gasteiger partial charge in [-0.1, -0.05) is 42.5 Å². The van der Waals surface area contributed by atoms with Gasteiger partial charge in [0.1, 0.15) is 0 Å². The van der Waals surface area contributed by atoms with E-state index in [1.54, 1.807) is 4.31 Å². The molecule has 3 rings (SSSR count). The van der Waals surface area contributed by atoms with Crippen LogP contribution >= 0.6 is 22.6 Å². The Morgan fingerprint density at radius 2 is 1.62 bits per heavy atom. The number of nitrogens with zero attached hydrogens (tertiary/aromatic N) is 1. The van der Waals surface area contributed by atoms with E-state index in [0.717, 1.165) is 28.4 Å². The molecule has 0 bridgehead atoms. The van der Waals surface area contributed by atoms with Gasteiger partial charge in [-0.3, -0.25) is 0 Å². The molecule has 0 aliphatic carbocycles. The first-order valence-corrected chi connectivity index (χ1v) is 11.0. The quantitative estimate of drug-likeness (QED) is 0.638. The minimum absolute atomic E-state index is 0.104. The molecule has 0 saturated carbocycles. The van der Waals surface area contributed by atoms with E-state index < -0.39 is 10.0 Å². The summed E-state index contributed by atoms with van der Waals surface area (Å²) in [6.45, 7) is 1.29. The van der Waals surface area contributed by atoms with Gasteiger partial charge in [0, 0.05) is 16.7 Å². The number of hydrogen-bond acceptors (Lipinski definition) is 2. The van der Waals surface area contributed by atoms with Crippen molar-refractivity contribution in [2.45, 2.75) is 25.0 Å². The Balaban J connectivity index is 1.57. The summed E-state index contributed by atoms with van der Waals surface area (Å²) in [6, 6.07) is 18.2. The van der Waals surface area contributed by atoms with E-state index in [0.29, 0.717) is 19.0 Å². The van der Waals surface area contributed by atoms with Gasteiger partial charge in [-0.05, 0) is 71.0 Å². The highest BCUT2D eigenvalue weighted by Crippen LogP contribution is 2.24. The molecule has 0 N–H and O–H groups in total. The summed E-state index contributed by atoms with van der Waals surface area (Å²) in [4.78, 5) is 0. The lowest BCUT2D eigenvalue weighted by molar-refractivity contribution is 0.272. The number of sulfonamides is 1. The fraction of sp³-hybridized carbons (Fsp3) is 0.368. The molecule has 0 atom stereocenters. The largest absolute Gasteiger partial charge is 0.218 e. The van der Waals surface area contributed by atoms with Crippen molar-refractivity contribution in [2.24, 2.45) is 5.92 Å². The molecule has 0 amide bonds. The smallest absolute Gasteiger partial charge is 0.212 e. The summed E-state index contributed by atoms with van der Waals surface area (Å²) in [5, 5.41) is 0. The second-order valence-electron chi connectivity index (χ2n) is 6.42. The van der Waals surface area contributed by atoms with Crippen LogP contribution in [0.1, 0.15) is 24.0 Å². The normalized spacial score (nSPS) is 17.0. The van der Waals surface area contributed by atoms with Crippen molar-refractivity contribution >= 4 is 32.6 Å². The van der Waals surface area contributed by atoms with E-state index in [2.05, 4.69) is 46.9 Å². The summed E-state index contributed by atoms with van der Waals surface area (Å²) in [7, 11) is -3.22. The third kappa shape index (κ3) is 4.80. The van der Waals surface area contributed by atoms with Crippen molar-refractivity contribution in [3.8, 4) is 0 Å². The second-order valence-corrected chi connectivity index (χ2v) is 9.63. The first-order chi connectivity index (χ1) is 11.5. The maximum atomic E-state index is 12.7. The lowest BCUT2D eigenvalue weighted by Crippen LogP contribution is -2.39. The van der Waals surface area contributed by atoms with Crippen LogP contribution in [0.15, 0.2) is 54.6 Å². The average Bonchev–Trinajstić information content (AvgIpc) is 2.56. The third-order valence-electron chi connectivity index (χ3n) is 4.57. The van der Waals surface area contributed by atoms with Crippen LogP contribution in [-0.4, -0.2) is 25.8 Å². The molecule has 24 heavy (non-hydrogen) atoms. The number of rotatable bonds is 5. The van der Waals surface area contributed by atoms with Crippen LogP contribution in [0, 0.1) is 9.49 Å². The Kier molecular flexibility index (Phi) is 5.94. The molecule has 128 valence electrons. The maximum absolute atomic E-state index is 12.7. The molecule has 0 aromatic heterocycles. The van der Waals surface area contributed by atoms with Crippen molar-refractivity contribution in [1.29, 1.82) is 0 Å². The Morgan fingerprint density at radius 3 is 2.29 bits per heavy atom.